The zero-order valence-corrected chi connectivity index (χ0v) is 17.9. The van der Waals surface area contributed by atoms with Crippen LogP contribution in [0.5, 0.6) is 5.75 Å². The number of hydrogen-bond acceptors (Lipinski definition) is 7. The monoisotopic (exact) mass is 428 g/mol. The van der Waals surface area contributed by atoms with E-state index in [-0.39, 0.29) is 41.9 Å². The number of aromatic amines is 1. The molecule has 1 amide bonds. The maximum Gasteiger partial charge on any atom is 0.309 e. The van der Waals surface area contributed by atoms with Crippen molar-refractivity contribution in [2.45, 2.75) is 39.5 Å². The summed E-state index contributed by atoms with van der Waals surface area (Å²) in [6.07, 6.45) is 1.58. The van der Waals surface area contributed by atoms with Crippen LogP contribution in [0.25, 0.3) is 11.4 Å². The molecular weight excluding hydrogens is 400 g/mol. The van der Waals surface area contributed by atoms with E-state index in [1.807, 2.05) is 6.92 Å². The van der Waals surface area contributed by atoms with Gasteiger partial charge in [0, 0.05) is 31.5 Å². The lowest BCUT2D eigenvalue weighted by atomic mass is 9.96. The molecule has 1 N–H and O–H groups in total. The first-order valence-corrected chi connectivity index (χ1v) is 10.6. The van der Waals surface area contributed by atoms with Crippen LogP contribution in [0.2, 0.25) is 0 Å². The lowest BCUT2D eigenvalue weighted by molar-refractivity contribution is -0.151. The van der Waals surface area contributed by atoms with E-state index < -0.39 is 0 Å². The molecule has 2 heterocycles. The number of aromatic nitrogens is 3. The Kier molecular flexibility index (Phi) is 7.75. The summed E-state index contributed by atoms with van der Waals surface area (Å²) >= 11 is 0. The summed E-state index contributed by atoms with van der Waals surface area (Å²) < 4.78 is 10.5. The number of likely N-dealkylation sites (tertiary alicyclic amines) is 1. The van der Waals surface area contributed by atoms with E-state index in [1.165, 1.54) is 0 Å². The van der Waals surface area contributed by atoms with Gasteiger partial charge < -0.3 is 19.4 Å². The minimum absolute atomic E-state index is 0.0564. The molecule has 9 nitrogen and oxygen atoms in total. The summed E-state index contributed by atoms with van der Waals surface area (Å²) in [5.41, 5.74) is 0.595. The van der Waals surface area contributed by atoms with Gasteiger partial charge in [0.25, 0.3) is 5.56 Å². The highest BCUT2D eigenvalue weighted by Gasteiger charge is 2.28. The predicted octanol–water partition coefficient (Wildman–Crippen LogP) is 1.96. The van der Waals surface area contributed by atoms with Crippen molar-refractivity contribution >= 4 is 11.9 Å². The first-order valence-electron chi connectivity index (χ1n) is 10.6. The van der Waals surface area contributed by atoms with Gasteiger partial charge in [-0.2, -0.15) is 0 Å². The van der Waals surface area contributed by atoms with E-state index in [2.05, 4.69) is 15.2 Å². The van der Waals surface area contributed by atoms with Gasteiger partial charge in [-0.25, -0.2) is 0 Å². The molecule has 1 aliphatic heterocycles. The summed E-state index contributed by atoms with van der Waals surface area (Å²) in [5.74, 6) is 0.711. The highest BCUT2D eigenvalue weighted by Crippen LogP contribution is 2.20. The average Bonchev–Trinajstić information content (AvgIpc) is 2.79. The smallest absolute Gasteiger partial charge is 0.309 e. The minimum Gasteiger partial charge on any atom is -0.494 e. The van der Waals surface area contributed by atoms with Crippen LogP contribution in [0, 0.1) is 5.92 Å². The molecule has 1 aromatic carbocycles. The maximum atomic E-state index is 12.5. The topological polar surface area (TPSA) is 114 Å². The van der Waals surface area contributed by atoms with Crippen LogP contribution >= 0.6 is 0 Å². The van der Waals surface area contributed by atoms with Crippen molar-refractivity contribution in [1.29, 1.82) is 0 Å². The van der Waals surface area contributed by atoms with Crippen molar-refractivity contribution in [3.05, 3.63) is 40.3 Å². The maximum absolute atomic E-state index is 12.5. The summed E-state index contributed by atoms with van der Waals surface area (Å²) in [6.45, 7) is 5.66. The zero-order valence-electron chi connectivity index (χ0n) is 17.9. The van der Waals surface area contributed by atoms with Crippen LogP contribution in [-0.4, -0.2) is 58.3 Å². The van der Waals surface area contributed by atoms with Crippen LogP contribution < -0.4 is 10.3 Å². The van der Waals surface area contributed by atoms with Crippen molar-refractivity contribution in [2.75, 3.05) is 26.3 Å². The second kappa shape index (κ2) is 10.7. The number of carbonyl (C=O) groups is 2. The molecule has 0 radical (unpaired) electrons. The molecule has 0 unspecified atom stereocenters. The Morgan fingerprint density at radius 3 is 2.42 bits per heavy atom. The molecule has 31 heavy (non-hydrogen) atoms. The van der Waals surface area contributed by atoms with Crippen LogP contribution in [0.1, 0.15) is 38.8 Å². The van der Waals surface area contributed by atoms with E-state index in [0.717, 1.165) is 11.3 Å². The third kappa shape index (κ3) is 5.90. The molecule has 9 heteroatoms. The van der Waals surface area contributed by atoms with E-state index >= 15 is 0 Å². The lowest BCUT2D eigenvalue weighted by Crippen LogP contribution is -2.40. The average molecular weight is 428 g/mol. The summed E-state index contributed by atoms with van der Waals surface area (Å²) in [4.78, 5) is 41.2. The fourth-order valence-electron chi connectivity index (χ4n) is 3.54. The molecule has 0 atom stereocenters. The number of benzene rings is 1. The third-order valence-electron chi connectivity index (χ3n) is 5.25. The summed E-state index contributed by atoms with van der Waals surface area (Å²) in [6, 6.07) is 7.20. The molecule has 0 aliphatic carbocycles. The third-order valence-corrected chi connectivity index (χ3v) is 5.25. The molecule has 0 bridgehead atoms. The van der Waals surface area contributed by atoms with Gasteiger partial charge in [-0.1, -0.05) is 0 Å². The number of esters is 1. The normalized spacial score (nSPS) is 14.3. The molecule has 1 aliphatic rings. The molecule has 1 saturated heterocycles. The lowest BCUT2D eigenvalue weighted by Gasteiger charge is -2.30. The van der Waals surface area contributed by atoms with E-state index in [4.69, 9.17) is 9.47 Å². The number of amides is 1. The SMILES string of the molecule is CCOC(=O)C1CCN(C(=O)CCc2nnc(-c3ccc(OCC)cc3)[nH]c2=O)CC1. The number of ether oxygens (including phenoxy) is 2. The van der Waals surface area contributed by atoms with E-state index in [0.29, 0.717) is 45.0 Å². The zero-order chi connectivity index (χ0) is 22.2. The number of H-pyrrole nitrogens is 1. The second-order valence-corrected chi connectivity index (χ2v) is 7.31. The van der Waals surface area contributed by atoms with Crippen molar-refractivity contribution in [3.8, 4) is 17.1 Å². The molecule has 166 valence electrons. The number of nitrogens with zero attached hydrogens (tertiary/aromatic N) is 3. The largest absolute Gasteiger partial charge is 0.494 e. The van der Waals surface area contributed by atoms with Gasteiger partial charge >= 0.3 is 5.97 Å². The van der Waals surface area contributed by atoms with Crippen LogP contribution in [0.15, 0.2) is 29.1 Å². The molecule has 0 spiro atoms. The summed E-state index contributed by atoms with van der Waals surface area (Å²) in [7, 11) is 0. The van der Waals surface area contributed by atoms with Crippen molar-refractivity contribution in [3.63, 3.8) is 0 Å². The van der Waals surface area contributed by atoms with Gasteiger partial charge in [-0.3, -0.25) is 14.4 Å². The second-order valence-electron chi connectivity index (χ2n) is 7.31. The minimum atomic E-state index is -0.354. The van der Waals surface area contributed by atoms with Crippen molar-refractivity contribution in [2.24, 2.45) is 5.92 Å². The Labute approximate surface area is 180 Å². The fourth-order valence-corrected chi connectivity index (χ4v) is 3.54. The quantitative estimate of drug-likeness (QED) is 0.639. The molecule has 1 fully saturated rings. The Balaban J connectivity index is 1.53. The number of hydrogen-bond donors (Lipinski definition) is 1. The van der Waals surface area contributed by atoms with Crippen LogP contribution in [0.4, 0.5) is 0 Å². The van der Waals surface area contributed by atoms with Gasteiger partial charge in [0.05, 0.1) is 19.1 Å². The van der Waals surface area contributed by atoms with E-state index in [9.17, 15) is 14.4 Å². The molecule has 2 aromatic rings. The Hall–Kier alpha value is -3.23. The predicted molar refractivity (Wildman–Crippen MR) is 114 cm³/mol. The fraction of sp³-hybridized carbons (Fsp3) is 0.500. The standard InChI is InChI=1S/C22H28N4O5/c1-3-30-17-7-5-15(6-8-17)20-23-21(28)18(24-25-20)9-10-19(27)26-13-11-16(12-14-26)22(29)31-4-2/h5-8,16H,3-4,9-14H2,1-2H3,(H,23,25,28). The molecule has 1 aromatic heterocycles. The van der Waals surface area contributed by atoms with Gasteiger partial charge in [0.1, 0.15) is 11.4 Å². The molecule has 3 rings (SSSR count). The van der Waals surface area contributed by atoms with Crippen LogP contribution in [0.3, 0.4) is 0 Å². The van der Waals surface area contributed by atoms with Crippen molar-refractivity contribution < 1.29 is 19.1 Å². The van der Waals surface area contributed by atoms with Gasteiger partial charge in [-0.05, 0) is 51.0 Å². The highest BCUT2D eigenvalue weighted by atomic mass is 16.5. The number of nitrogens with one attached hydrogen (secondary N) is 1. The summed E-state index contributed by atoms with van der Waals surface area (Å²) in [5, 5.41) is 8.13. The van der Waals surface area contributed by atoms with Gasteiger partial charge in [0.2, 0.25) is 5.91 Å². The Morgan fingerprint density at radius 2 is 1.81 bits per heavy atom. The Bertz CT molecular complexity index is 949. The number of piperidine rings is 1. The highest BCUT2D eigenvalue weighted by molar-refractivity contribution is 5.77. The molecular formula is C22H28N4O5. The first kappa shape index (κ1) is 22.5. The van der Waals surface area contributed by atoms with Gasteiger partial charge in [-0.15, -0.1) is 10.2 Å². The van der Waals surface area contributed by atoms with E-state index in [1.54, 1.807) is 36.1 Å². The number of rotatable bonds is 8. The van der Waals surface area contributed by atoms with Crippen LogP contribution in [-0.2, 0) is 20.7 Å². The van der Waals surface area contributed by atoms with Gasteiger partial charge in [0.15, 0.2) is 5.82 Å². The van der Waals surface area contributed by atoms with Crippen molar-refractivity contribution in [1.82, 2.24) is 20.1 Å². The Morgan fingerprint density at radius 1 is 1.10 bits per heavy atom. The number of aryl methyl sites for hydroxylation is 1. The number of carbonyl (C=O) groups excluding carboxylic acids is 2. The first-order chi connectivity index (χ1) is 15.0. The molecule has 0 saturated carbocycles.